The van der Waals surface area contributed by atoms with E-state index in [4.69, 9.17) is 10.5 Å². The Hall–Kier alpha value is -1.80. The Kier molecular flexibility index (Phi) is 3.51. The Bertz CT molecular complexity index is 577. The fourth-order valence-electron chi connectivity index (χ4n) is 2.65. The van der Waals surface area contributed by atoms with Crippen LogP contribution >= 0.6 is 0 Å². The molecule has 1 aliphatic heterocycles. The largest absolute Gasteiger partial charge is 0.493 e. The first kappa shape index (κ1) is 12.2. The van der Waals surface area contributed by atoms with Crippen molar-refractivity contribution in [2.45, 2.75) is 19.3 Å². The minimum absolute atomic E-state index is 0.708. The van der Waals surface area contributed by atoms with Crippen LogP contribution in [-0.4, -0.2) is 13.2 Å². The molecule has 2 heteroatoms. The predicted octanol–water partition coefficient (Wildman–Crippen LogP) is 2.71. The van der Waals surface area contributed by atoms with Gasteiger partial charge in [-0.3, -0.25) is 0 Å². The summed E-state index contributed by atoms with van der Waals surface area (Å²) in [5.41, 5.74) is 11.0. The number of hydrogen-bond donors (Lipinski definition) is 1. The highest BCUT2D eigenvalue weighted by Gasteiger charge is 2.12. The molecule has 2 N–H and O–H groups in total. The molecule has 3 rings (SSSR count). The van der Waals surface area contributed by atoms with Crippen molar-refractivity contribution < 1.29 is 4.74 Å². The average Bonchev–Trinajstić information content (AvgIpc) is 2.87. The van der Waals surface area contributed by atoms with E-state index in [1.165, 1.54) is 22.3 Å². The van der Waals surface area contributed by atoms with E-state index in [0.29, 0.717) is 6.54 Å². The summed E-state index contributed by atoms with van der Waals surface area (Å²) in [6.45, 7) is 1.53. The van der Waals surface area contributed by atoms with Crippen LogP contribution < -0.4 is 10.5 Å². The molecule has 0 amide bonds. The van der Waals surface area contributed by atoms with Crippen LogP contribution in [0, 0.1) is 0 Å². The minimum Gasteiger partial charge on any atom is -0.493 e. The molecule has 0 spiro atoms. The van der Waals surface area contributed by atoms with Crippen LogP contribution in [0.15, 0.2) is 42.5 Å². The molecule has 1 heterocycles. The first-order valence-corrected chi connectivity index (χ1v) is 6.87. The topological polar surface area (TPSA) is 35.2 Å². The summed E-state index contributed by atoms with van der Waals surface area (Å²) in [7, 11) is 0. The van der Waals surface area contributed by atoms with Crippen molar-refractivity contribution in [3.05, 3.63) is 64.7 Å². The molecule has 19 heavy (non-hydrogen) atoms. The normalized spacial score (nSPS) is 13.1. The van der Waals surface area contributed by atoms with E-state index < -0.39 is 0 Å². The summed E-state index contributed by atoms with van der Waals surface area (Å²) in [5.74, 6) is 1.06. The van der Waals surface area contributed by atoms with Gasteiger partial charge in [-0.05, 0) is 47.7 Å². The zero-order valence-corrected chi connectivity index (χ0v) is 11.1. The molecule has 0 aliphatic carbocycles. The van der Waals surface area contributed by atoms with Crippen LogP contribution in [0.25, 0.3) is 0 Å². The second-order valence-electron chi connectivity index (χ2n) is 5.08. The van der Waals surface area contributed by atoms with Crippen LogP contribution in [0.1, 0.15) is 22.3 Å². The predicted molar refractivity (Wildman–Crippen MR) is 77.6 cm³/mol. The van der Waals surface area contributed by atoms with Crippen molar-refractivity contribution >= 4 is 0 Å². The van der Waals surface area contributed by atoms with Crippen molar-refractivity contribution in [2.75, 3.05) is 13.2 Å². The highest BCUT2D eigenvalue weighted by Crippen LogP contribution is 2.26. The third-order valence-electron chi connectivity index (χ3n) is 3.59. The van der Waals surface area contributed by atoms with E-state index in [1.54, 1.807) is 0 Å². The molecule has 0 saturated heterocycles. The van der Waals surface area contributed by atoms with E-state index in [2.05, 4.69) is 42.5 Å². The van der Waals surface area contributed by atoms with Gasteiger partial charge >= 0.3 is 0 Å². The molecule has 0 aromatic heterocycles. The molecule has 0 bridgehead atoms. The lowest BCUT2D eigenvalue weighted by Crippen LogP contribution is -2.03. The molecule has 2 aromatic carbocycles. The molecule has 2 aromatic rings. The van der Waals surface area contributed by atoms with Gasteiger partial charge in [0.15, 0.2) is 0 Å². The lowest BCUT2D eigenvalue weighted by atomic mass is 9.99. The van der Waals surface area contributed by atoms with Crippen molar-refractivity contribution in [1.29, 1.82) is 0 Å². The zero-order valence-electron chi connectivity index (χ0n) is 11.1. The third kappa shape index (κ3) is 2.79. The van der Waals surface area contributed by atoms with E-state index in [9.17, 15) is 0 Å². The van der Waals surface area contributed by atoms with Crippen molar-refractivity contribution in [3.8, 4) is 5.75 Å². The van der Waals surface area contributed by atoms with Gasteiger partial charge in [-0.1, -0.05) is 36.4 Å². The molecule has 0 radical (unpaired) electrons. The summed E-state index contributed by atoms with van der Waals surface area (Å²) in [6, 6.07) is 15.3. The van der Waals surface area contributed by atoms with Gasteiger partial charge in [0.2, 0.25) is 0 Å². The monoisotopic (exact) mass is 253 g/mol. The highest BCUT2D eigenvalue weighted by atomic mass is 16.5. The summed E-state index contributed by atoms with van der Waals surface area (Å²) < 4.78 is 5.54. The summed E-state index contributed by atoms with van der Waals surface area (Å²) in [6.07, 6.45) is 2.97. The van der Waals surface area contributed by atoms with Gasteiger partial charge in [0.1, 0.15) is 5.75 Å². The maximum Gasteiger partial charge on any atom is 0.122 e. The second kappa shape index (κ2) is 5.45. The fourth-order valence-corrected chi connectivity index (χ4v) is 2.65. The Morgan fingerprint density at radius 2 is 1.84 bits per heavy atom. The van der Waals surface area contributed by atoms with Crippen LogP contribution in [-0.2, 0) is 19.3 Å². The SMILES string of the molecule is NCCc1cccc(Cc2ccc3c(c2)CCO3)c1. The molecular formula is C17H19NO. The Morgan fingerprint density at radius 1 is 1.00 bits per heavy atom. The van der Waals surface area contributed by atoms with Crippen LogP contribution in [0.5, 0.6) is 5.75 Å². The summed E-state index contributed by atoms with van der Waals surface area (Å²) in [5, 5.41) is 0. The van der Waals surface area contributed by atoms with Crippen LogP contribution in [0.4, 0.5) is 0 Å². The van der Waals surface area contributed by atoms with Gasteiger partial charge in [0.25, 0.3) is 0 Å². The smallest absolute Gasteiger partial charge is 0.122 e. The standard InChI is InChI=1S/C17H19NO/c18-8-6-13-2-1-3-14(10-13)11-15-4-5-17-16(12-15)7-9-19-17/h1-5,10,12H,6-9,11,18H2. The number of ether oxygens (including phenoxy) is 1. The molecule has 2 nitrogen and oxygen atoms in total. The van der Waals surface area contributed by atoms with Crippen LogP contribution in [0.3, 0.4) is 0 Å². The first-order chi connectivity index (χ1) is 9.35. The van der Waals surface area contributed by atoms with Gasteiger partial charge in [0.05, 0.1) is 6.61 Å². The highest BCUT2D eigenvalue weighted by molar-refractivity contribution is 5.41. The lowest BCUT2D eigenvalue weighted by molar-refractivity contribution is 0.357. The lowest BCUT2D eigenvalue weighted by Gasteiger charge is -2.06. The van der Waals surface area contributed by atoms with E-state index in [-0.39, 0.29) is 0 Å². The number of fused-ring (bicyclic) bond motifs is 1. The van der Waals surface area contributed by atoms with Crippen LogP contribution in [0.2, 0.25) is 0 Å². The average molecular weight is 253 g/mol. The molecule has 0 unspecified atom stereocenters. The molecule has 0 saturated carbocycles. The van der Waals surface area contributed by atoms with Gasteiger partial charge < -0.3 is 10.5 Å². The van der Waals surface area contributed by atoms with Gasteiger partial charge in [-0.2, -0.15) is 0 Å². The third-order valence-corrected chi connectivity index (χ3v) is 3.59. The number of nitrogens with two attached hydrogens (primary N) is 1. The number of hydrogen-bond acceptors (Lipinski definition) is 2. The number of benzene rings is 2. The quantitative estimate of drug-likeness (QED) is 0.909. The van der Waals surface area contributed by atoms with Crippen molar-refractivity contribution in [1.82, 2.24) is 0 Å². The van der Waals surface area contributed by atoms with Crippen molar-refractivity contribution in [3.63, 3.8) is 0 Å². The van der Waals surface area contributed by atoms with Gasteiger partial charge in [-0.15, -0.1) is 0 Å². The number of rotatable bonds is 4. The Labute approximate surface area is 114 Å². The molecule has 98 valence electrons. The maximum absolute atomic E-state index is 5.61. The van der Waals surface area contributed by atoms with Gasteiger partial charge in [0, 0.05) is 6.42 Å². The Morgan fingerprint density at radius 3 is 2.74 bits per heavy atom. The van der Waals surface area contributed by atoms with E-state index >= 15 is 0 Å². The molecule has 1 aliphatic rings. The summed E-state index contributed by atoms with van der Waals surface area (Å²) in [4.78, 5) is 0. The first-order valence-electron chi connectivity index (χ1n) is 6.87. The second-order valence-corrected chi connectivity index (χ2v) is 5.08. The Balaban J connectivity index is 1.79. The molecule has 0 fully saturated rings. The zero-order chi connectivity index (χ0) is 13.1. The molecular weight excluding hydrogens is 234 g/mol. The van der Waals surface area contributed by atoms with E-state index in [1.807, 2.05) is 0 Å². The van der Waals surface area contributed by atoms with Crippen molar-refractivity contribution in [2.24, 2.45) is 5.73 Å². The summed E-state index contributed by atoms with van der Waals surface area (Å²) >= 11 is 0. The maximum atomic E-state index is 5.61. The van der Waals surface area contributed by atoms with E-state index in [0.717, 1.165) is 31.6 Å². The van der Waals surface area contributed by atoms with Gasteiger partial charge in [-0.25, -0.2) is 0 Å². The fraction of sp³-hybridized carbons (Fsp3) is 0.294. The molecule has 0 atom stereocenters. The minimum atomic E-state index is 0.708.